The van der Waals surface area contributed by atoms with E-state index >= 15 is 0 Å². The number of primary amides is 1. The minimum absolute atomic E-state index is 0.258. The van der Waals surface area contributed by atoms with Gasteiger partial charge in [-0.25, -0.2) is 0 Å². The van der Waals surface area contributed by atoms with Gasteiger partial charge < -0.3 is 15.8 Å². The van der Waals surface area contributed by atoms with Crippen LogP contribution in [0.3, 0.4) is 0 Å². The number of benzene rings is 1. The van der Waals surface area contributed by atoms with Gasteiger partial charge >= 0.3 is 0 Å². The second kappa shape index (κ2) is 6.65. The monoisotopic (exact) mass is 344 g/mol. The average molecular weight is 344 g/mol. The Kier molecular flexibility index (Phi) is 4.57. The van der Waals surface area contributed by atoms with Crippen LogP contribution in [-0.4, -0.2) is 18.9 Å². The molecule has 2 amide bonds. The molecule has 0 spiro atoms. The number of methoxy groups -OCH3 is 1. The number of thiophene rings is 1. The Morgan fingerprint density at radius 1 is 1.29 bits per heavy atom. The highest BCUT2D eigenvalue weighted by molar-refractivity contribution is 7.17. The van der Waals surface area contributed by atoms with Crippen LogP contribution in [-0.2, 0) is 12.8 Å². The Labute approximate surface area is 144 Å². The molecule has 1 aromatic heterocycles. The maximum absolute atomic E-state index is 12.5. The fourth-order valence-electron chi connectivity index (χ4n) is 3.02. The molecule has 5 nitrogen and oxygen atoms in total. The van der Waals surface area contributed by atoms with E-state index in [0.29, 0.717) is 27.8 Å². The molecule has 1 aliphatic rings. The van der Waals surface area contributed by atoms with Crippen LogP contribution in [0.4, 0.5) is 5.00 Å². The molecule has 0 radical (unpaired) electrons. The van der Waals surface area contributed by atoms with Gasteiger partial charge in [0.15, 0.2) is 0 Å². The first kappa shape index (κ1) is 16.5. The van der Waals surface area contributed by atoms with E-state index in [1.165, 1.54) is 11.3 Å². The van der Waals surface area contributed by atoms with Crippen LogP contribution >= 0.6 is 11.3 Å². The zero-order valence-electron chi connectivity index (χ0n) is 13.7. The fourth-order valence-corrected chi connectivity index (χ4v) is 4.27. The Bertz CT molecular complexity index is 780. The van der Waals surface area contributed by atoms with Gasteiger partial charge in [0.05, 0.1) is 12.7 Å². The molecule has 1 aliphatic carbocycles. The highest BCUT2D eigenvalue weighted by atomic mass is 32.1. The van der Waals surface area contributed by atoms with Crippen LogP contribution in [0.1, 0.15) is 44.5 Å². The number of rotatable bonds is 4. The number of nitrogens with one attached hydrogen (secondary N) is 1. The quantitative estimate of drug-likeness (QED) is 0.893. The molecule has 0 fully saturated rings. The van der Waals surface area contributed by atoms with Crippen LogP contribution in [0, 0.1) is 5.92 Å². The minimum atomic E-state index is -0.480. The Morgan fingerprint density at radius 2 is 2.00 bits per heavy atom. The number of hydrogen-bond donors (Lipinski definition) is 2. The second-order valence-corrected chi connectivity index (χ2v) is 7.21. The maximum atomic E-state index is 12.5. The molecule has 1 aromatic carbocycles. The Balaban J connectivity index is 1.89. The molecule has 6 heteroatoms. The van der Waals surface area contributed by atoms with Gasteiger partial charge in [-0.1, -0.05) is 6.92 Å². The van der Waals surface area contributed by atoms with E-state index in [4.69, 9.17) is 10.5 Å². The van der Waals surface area contributed by atoms with Crippen molar-refractivity contribution in [3.63, 3.8) is 0 Å². The Hall–Kier alpha value is -2.34. The van der Waals surface area contributed by atoms with Crippen molar-refractivity contribution in [1.82, 2.24) is 0 Å². The molecule has 126 valence electrons. The average Bonchev–Trinajstić information content (AvgIpc) is 2.92. The molecular formula is C18H20N2O3S. The standard InChI is InChI=1S/C18H20N2O3S/c1-10-3-8-14-13(9-10)15(16(19)21)18(24-14)20-17(22)11-4-6-12(23-2)7-5-11/h4-7,10H,3,8-9H2,1-2H3,(H2,19,21)(H,20,22)/t10-/m0/s1. The van der Waals surface area contributed by atoms with Crippen molar-refractivity contribution in [2.24, 2.45) is 11.7 Å². The van der Waals surface area contributed by atoms with E-state index < -0.39 is 5.91 Å². The van der Waals surface area contributed by atoms with E-state index in [-0.39, 0.29) is 5.91 Å². The lowest BCUT2D eigenvalue weighted by Gasteiger charge is -2.18. The van der Waals surface area contributed by atoms with Crippen molar-refractivity contribution >= 4 is 28.2 Å². The number of carbonyl (C=O) groups excluding carboxylic acids is 2. The van der Waals surface area contributed by atoms with Gasteiger partial charge in [0.25, 0.3) is 11.8 Å². The largest absolute Gasteiger partial charge is 0.497 e. The van der Waals surface area contributed by atoms with Gasteiger partial charge in [0.2, 0.25) is 0 Å². The predicted molar refractivity (Wildman–Crippen MR) is 95.0 cm³/mol. The summed E-state index contributed by atoms with van der Waals surface area (Å²) in [6.07, 6.45) is 2.86. The van der Waals surface area contributed by atoms with Gasteiger partial charge in [-0.2, -0.15) is 0 Å². The summed E-state index contributed by atoms with van der Waals surface area (Å²) in [6, 6.07) is 6.83. The van der Waals surface area contributed by atoms with E-state index in [1.54, 1.807) is 31.4 Å². The van der Waals surface area contributed by atoms with Crippen molar-refractivity contribution < 1.29 is 14.3 Å². The summed E-state index contributed by atoms with van der Waals surface area (Å²) >= 11 is 1.47. The van der Waals surface area contributed by atoms with E-state index in [0.717, 1.165) is 29.7 Å². The number of nitrogens with two attached hydrogens (primary N) is 1. The van der Waals surface area contributed by atoms with Crippen molar-refractivity contribution in [1.29, 1.82) is 0 Å². The first-order valence-corrected chi connectivity index (χ1v) is 8.71. The molecule has 1 atom stereocenters. The lowest BCUT2D eigenvalue weighted by atomic mass is 9.87. The summed E-state index contributed by atoms with van der Waals surface area (Å²) in [4.78, 5) is 25.6. The minimum Gasteiger partial charge on any atom is -0.497 e. The SMILES string of the molecule is COc1ccc(C(=O)Nc2sc3c(c2C(N)=O)C[C@@H](C)CC3)cc1. The third kappa shape index (κ3) is 3.14. The maximum Gasteiger partial charge on any atom is 0.256 e. The lowest BCUT2D eigenvalue weighted by molar-refractivity contribution is 0.1000. The topological polar surface area (TPSA) is 81.4 Å². The molecule has 0 saturated carbocycles. The third-order valence-electron chi connectivity index (χ3n) is 4.33. The zero-order chi connectivity index (χ0) is 17.3. The number of anilines is 1. The second-order valence-electron chi connectivity index (χ2n) is 6.10. The van der Waals surface area contributed by atoms with Gasteiger partial charge in [0, 0.05) is 10.4 Å². The summed E-state index contributed by atoms with van der Waals surface area (Å²) in [6.45, 7) is 2.17. The fraction of sp³-hybridized carbons (Fsp3) is 0.333. The lowest BCUT2D eigenvalue weighted by Crippen LogP contribution is -2.19. The van der Waals surface area contributed by atoms with Crippen LogP contribution in [0.2, 0.25) is 0 Å². The molecule has 24 heavy (non-hydrogen) atoms. The van der Waals surface area contributed by atoms with Crippen molar-refractivity contribution in [3.05, 3.63) is 45.8 Å². The van der Waals surface area contributed by atoms with Gasteiger partial charge in [-0.3, -0.25) is 9.59 Å². The highest BCUT2D eigenvalue weighted by Gasteiger charge is 2.27. The van der Waals surface area contributed by atoms with Crippen molar-refractivity contribution in [2.75, 3.05) is 12.4 Å². The summed E-state index contributed by atoms with van der Waals surface area (Å²) in [5.74, 6) is 0.471. The predicted octanol–water partition coefficient (Wildman–Crippen LogP) is 3.23. The Morgan fingerprint density at radius 3 is 2.62 bits per heavy atom. The summed E-state index contributed by atoms with van der Waals surface area (Å²) < 4.78 is 5.09. The van der Waals surface area contributed by atoms with Gasteiger partial charge in [0.1, 0.15) is 10.8 Å². The molecule has 0 unspecified atom stereocenters. The van der Waals surface area contributed by atoms with E-state index in [9.17, 15) is 9.59 Å². The number of hydrogen-bond acceptors (Lipinski definition) is 4. The molecular weight excluding hydrogens is 324 g/mol. The van der Waals surface area contributed by atoms with Crippen LogP contribution in [0.5, 0.6) is 5.75 Å². The number of aryl methyl sites for hydroxylation is 1. The zero-order valence-corrected chi connectivity index (χ0v) is 14.5. The van der Waals surface area contributed by atoms with Crippen molar-refractivity contribution in [3.8, 4) is 5.75 Å². The number of ether oxygens (including phenoxy) is 1. The smallest absolute Gasteiger partial charge is 0.256 e. The molecule has 0 aliphatic heterocycles. The molecule has 1 heterocycles. The first-order chi connectivity index (χ1) is 11.5. The van der Waals surface area contributed by atoms with E-state index in [1.807, 2.05) is 0 Å². The van der Waals surface area contributed by atoms with Gasteiger partial charge in [-0.05, 0) is 55.0 Å². The summed E-state index contributed by atoms with van der Waals surface area (Å²) in [5.41, 5.74) is 7.57. The number of fused-ring (bicyclic) bond motifs is 1. The summed E-state index contributed by atoms with van der Waals surface area (Å²) in [5, 5.41) is 3.41. The summed E-state index contributed by atoms with van der Waals surface area (Å²) in [7, 11) is 1.57. The number of amides is 2. The van der Waals surface area contributed by atoms with Gasteiger partial charge in [-0.15, -0.1) is 11.3 Å². The van der Waals surface area contributed by atoms with Crippen LogP contribution in [0.25, 0.3) is 0 Å². The van der Waals surface area contributed by atoms with E-state index in [2.05, 4.69) is 12.2 Å². The number of carbonyl (C=O) groups is 2. The highest BCUT2D eigenvalue weighted by Crippen LogP contribution is 2.39. The third-order valence-corrected chi connectivity index (χ3v) is 5.54. The molecule has 3 N–H and O–H groups in total. The molecule has 0 saturated heterocycles. The van der Waals surface area contributed by atoms with Crippen LogP contribution < -0.4 is 15.8 Å². The molecule has 2 aromatic rings. The molecule has 3 rings (SSSR count). The normalized spacial score (nSPS) is 16.3. The van der Waals surface area contributed by atoms with Crippen LogP contribution in [0.15, 0.2) is 24.3 Å². The molecule has 0 bridgehead atoms. The first-order valence-electron chi connectivity index (χ1n) is 7.89. The van der Waals surface area contributed by atoms with Crippen molar-refractivity contribution in [2.45, 2.75) is 26.2 Å².